The molecule has 4 rings (SSSR count). The van der Waals surface area contributed by atoms with Gasteiger partial charge in [0.25, 0.3) is 0 Å². The minimum Gasteiger partial charge on any atom is -0.378 e. The molecule has 156 valence electrons. The van der Waals surface area contributed by atoms with Crippen LogP contribution in [0.5, 0.6) is 0 Å². The van der Waals surface area contributed by atoms with Gasteiger partial charge in [-0.2, -0.15) is 0 Å². The average Bonchev–Trinajstić information content (AvgIpc) is 3.41. The Bertz CT molecular complexity index is 837. The summed E-state index contributed by atoms with van der Waals surface area (Å²) in [6.07, 6.45) is 2.12. The van der Waals surface area contributed by atoms with Crippen molar-refractivity contribution in [2.45, 2.75) is 24.1 Å². The summed E-state index contributed by atoms with van der Waals surface area (Å²) in [4.78, 5) is 14.3. The van der Waals surface area contributed by atoms with E-state index in [9.17, 15) is 9.18 Å². The number of benzene rings is 1. The van der Waals surface area contributed by atoms with Crippen molar-refractivity contribution in [3.05, 3.63) is 30.1 Å². The van der Waals surface area contributed by atoms with Gasteiger partial charge in [0.2, 0.25) is 11.9 Å². The fourth-order valence-electron chi connectivity index (χ4n) is 3.38. The van der Waals surface area contributed by atoms with Crippen LogP contribution in [0.2, 0.25) is 0 Å². The van der Waals surface area contributed by atoms with Gasteiger partial charge in [-0.05, 0) is 31.0 Å². The van der Waals surface area contributed by atoms with E-state index >= 15 is 0 Å². The van der Waals surface area contributed by atoms with E-state index in [1.807, 2.05) is 0 Å². The van der Waals surface area contributed by atoms with Crippen LogP contribution in [0.15, 0.2) is 29.4 Å². The zero-order valence-corrected chi connectivity index (χ0v) is 16.9. The van der Waals surface area contributed by atoms with Crippen LogP contribution < -0.4 is 10.2 Å². The molecule has 1 aromatic heterocycles. The van der Waals surface area contributed by atoms with Gasteiger partial charge in [0.15, 0.2) is 5.16 Å². The third-order valence-electron chi connectivity index (χ3n) is 4.86. The number of carbonyl (C=O) groups is 1. The maximum atomic E-state index is 13.9. The Kier molecular flexibility index (Phi) is 6.63. The fraction of sp³-hybridized carbons (Fsp3) is 0.526. The van der Waals surface area contributed by atoms with E-state index < -0.39 is 0 Å². The average molecular weight is 421 g/mol. The van der Waals surface area contributed by atoms with Gasteiger partial charge in [-0.15, -0.1) is 10.2 Å². The van der Waals surface area contributed by atoms with Crippen LogP contribution in [-0.2, 0) is 14.3 Å². The molecule has 0 unspecified atom stereocenters. The molecule has 2 aliphatic heterocycles. The van der Waals surface area contributed by atoms with E-state index in [-0.39, 0.29) is 23.6 Å². The molecule has 1 aromatic carbocycles. The van der Waals surface area contributed by atoms with E-state index in [0.717, 1.165) is 19.4 Å². The predicted molar refractivity (Wildman–Crippen MR) is 107 cm³/mol. The number of aromatic nitrogens is 3. The Labute approximate surface area is 172 Å². The van der Waals surface area contributed by atoms with Crippen molar-refractivity contribution in [1.82, 2.24) is 20.1 Å². The number of thioether (sulfide) groups is 1. The van der Waals surface area contributed by atoms with Crippen molar-refractivity contribution in [3.8, 4) is 5.69 Å². The highest BCUT2D eigenvalue weighted by Crippen LogP contribution is 2.27. The van der Waals surface area contributed by atoms with Gasteiger partial charge < -0.3 is 19.7 Å². The summed E-state index contributed by atoms with van der Waals surface area (Å²) in [6.45, 7) is 3.85. The maximum absolute atomic E-state index is 13.9. The van der Waals surface area contributed by atoms with E-state index in [2.05, 4.69) is 20.4 Å². The molecular formula is C19H24FN5O3S. The lowest BCUT2D eigenvalue weighted by atomic mass is 10.2. The molecule has 0 saturated carbocycles. The van der Waals surface area contributed by atoms with Gasteiger partial charge in [-0.1, -0.05) is 17.8 Å². The number of anilines is 1. The van der Waals surface area contributed by atoms with Crippen LogP contribution in [0.1, 0.15) is 12.8 Å². The van der Waals surface area contributed by atoms with Crippen LogP contribution >= 0.6 is 11.8 Å². The monoisotopic (exact) mass is 421 g/mol. The van der Waals surface area contributed by atoms with Crippen molar-refractivity contribution in [3.63, 3.8) is 0 Å². The molecule has 29 heavy (non-hydrogen) atoms. The Balaban J connectivity index is 1.48. The van der Waals surface area contributed by atoms with Crippen LogP contribution in [0.4, 0.5) is 10.3 Å². The molecule has 10 heteroatoms. The number of hydrogen-bond donors (Lipinski definition) is 1. The number of halogens is 1. The molecule has 2 fully saturated rings. The van der Waals surface area contributed by atoms with Gasteiger partial charge >= 0.3 is 0 Å². The summed E-state index contributed by atoms with van der Waals surface area (Å²) in [7, 11) is 0. The van der Waals surface area contributed by atoms with Crippen molar-refractivity contribution in [2.75, 3.05) is 50.1 Å². The normalized spacial score (nSPS) is 19.5. The largest absolute Gasteiger partial charge is 0.378 e. The number of amides is 1. The van der Waals surface area contributed by atoms with Gasteiger partial charge in [0.1, 0.15) is 5.82 Å². The summed E-state index contributed by atoms with van der Waals surface area (Å²) in [5.74, 6) is 0.395. The van der Waals surface area contributed by atoms with Gasteiger partial charge in [-0.3, -0.25) is 9.36 Å². The topological polar surface area (TPSA) is 81.5 Å². The number of nitrogens with one attached hydrogen (secondary N) is 1. The number of morpholine rings is 1. The molecule has 2 aromatic rings. The first-order valence-electron chi connectivity index (χ1n) is 9.76. The van der Waals surface area contributed by atoms with E-state index in [1.54, 1.807) is 16.7 Å². The van der Waals surface area contributed by atoms with Gasteiger partial charge in [0.05, 0.1) is 30.8 Å². The minimum atomic E-state index is -0.339. The Morgan fingerprint density at radius 3 is 2.90 bits per heavy atom. The third-order valence-corrected chi connectivity index (χ3v) is 5.79. The fourth-order valence-corrected chi connectivity index (χ4v) is 4.16. The predicted octanol–water partition coefficient (Wildman–Crippen LogP) is 1.63. The number of rotatable bonds is 7. The number of hydrogen-bond acceptors (Lipinski definition) is 7. The number of ether oxygens (including phenoxy) is 2. The molecule has 0 spiro atoms. The van der Waals surface area contributed by atoms with E-state index in [4.69, 9.17) is 9.47 Å². The Morgan fingerprint density at radius 1 is 1.28 bits per heavy atom. The molecule has 0 bridgehead atoms. The molecule has 2 aliphatic rings. The number of nitrogens with zero attached hydrogens (tertiary/aromatic N) is 4. The van der Waals surface area contributed by atoms with Gasteiger partial charge in [-0.25, -0.2) is 4.39 Å². The summed E-state index contributed by atoms with van der Waals surface area (Å²) in [5.41, 5.74) is 0.624. The van der Waals surface area contributed by atoms with Gasteiger partial charge in [0, 0.05) is 26.2 Å². The first kappa shape index (κ1) is 20.1. The molecule has 1 atom stereocenters. The summed E-state index contributed by atoms with van der Waals surface area (Å²) in [6, 6.07) is 6.29. The maximum Gasteiger partial charge on any atom is 0.232 e. The standard InChI is InChI=1S/C19H24FN5O3S/c20-14-3-1-4-15(11-14)25-18(24-6-9-27-10-7-24)22-23-19(25)29-13-17(26)21-12-16-5-2-8-28-16/h1,3-4,11,16H,2,5-10,12-13H2,(H,21,26)/t16-/m0/s1. The first-order valence-corrected chi connectivity index (χ1v) is 10.7. The molecule has 0 aliphatic carbocycles. The van der Waals surface area contributed by atoms with E-state index in [1.165, 1.54) is 23.9 Å². The first-order chi connectivity index (χ1) is 14.2. The van der Waals surface area contributed by atoms with Crippen LogP contribution in [-0.4, -0.2) is 72.0 Å². The molecule has 1 amide bonds. The Morgan fingerprint density at radius 2 is 2.14 bits per heavy atom. The quantitative estimate of drug-likeness (QED) is 0.681. The summed E-state index contributed by atoms with van der Waals surface area (Å²) in [5, 5.41) is 12.0. The SMILES string of the molecule is O=C(CSc1nnc(N2CCOCC2)n1-c1cccc(F)c1)NC[C@@H]1CCCO1. The number of carbonyl (C=O) groups excluding carboxylic acids is 1. The Hall–Kier alpha value is -2.17. The highest BCUT2D eigenvalue weighted by Gasteiger charge is 2.23. The molecule has 3 heterocycles. The highest BCUT2D eigenvalue weighted by molar-refractivity contribution is 7.99. The lowest BCUT2D eigenvalue weighted by molar-refractivity contribution is -0.119. The van der Waals surface area contributed by atoms with Crippen LogP contribution in [0.3, 0.4) is 0 Å². The molecule has 1 N–H and O–H groups in total. The summed E-state index contributed by atoms with van der Waals surface area (Å²) >= 11 is 1.28. The lowest BCUT2D eigenvalue weighted by Crippen LogP contribution is -2.38. The van der Waals surface area contributed by atoms with Crippen LogP contribution in [0, 0.1) is 5.82 Å². The molecule has 0 radical (unpaired) electrons. The highest BCUT2D eigenvalue weighted by atomic mass is 32.2. The summed E-state index contributed by atoms with van der Waals surface area (Å²) < 4.78 is 26.6. The molecule has 2 saturated heterocycles. The van der Waals surface area contributed by atoms with Crippen molar-refractivity contribution < 1.29 is 18.7 Å². The zero-order chi connectivity index (χ0) is 20.1. The van der Waals surface area contributed by atoms with Crippen molar-refractivity contribution in [2.24, 2.45) is 0 Å². The molecule has 8 nitrogen and oxygen atoms in total. The zero-order valence-electron chi connectivity index (χ0n) is 16.1. The second-order valence-corrected chi connectivity index (χ2v) is 7.87. The van der Waals surface area contributed by atoms with Crippen molar-refractivity contribution >= 4 is 23.6 Å². The third kappa shape index (κ3) is 5.06. The smallest absolute Gasteiger partial charge is 0.232 e. The van der Waals surface area contributed by atoms with Crippen LogP contribution in [0.25, 0.3) is 5.69 Å². The van der Waals surface area contributed by atoms with E-state index in [0.29, 0.717) is 49.6 Å². The second kappa shape index (κ2) is 9.55. The lowest BCUT2D eigenvalue weighted by Gasteiger charge is -2.27. The van der Waals surface area contributed by atoms with Crippen molar-refractivity contribution in [1.29, 1.82) is 0 Å². The minimum absolute atomic E-state index is 0.0905. The second-order valence-electron chi connectivity index (χ2n) is 6.93. The molecular weight excluding hydrogens is 397 g/mol.